The molecule has 3 saturated heterocycles. The standard InChI is InChI=1S/C69H106Cl2N12O12/c1-11-44(2)59-66(93)77(6)42-57(86)75(4)43-58(87)79(8)53(39-46-24-15-12-16-25-46)64(91)76(5)41-55(84)72-51(32-30-47-29-31-49(70)50(71)38-47)63(90)83-37-23-28-52(83)62(89)74-69(33-19-20-34-69)68(95)81(10)60(48-26-17-13-18-27-48)67(94)80(9)54(65(92)82-35-21-14-22-36-82)40-56(85)78(7)45(3)61(88)73-59/h29,31,38,44-46,48,51-54,59-60H,11-28,30,32-37,39-43H2,1-10H3,(H,72,84)(H,73,88)(H,74,89)/t44-,45-,51-,52-,53-,54-,59-,60-/m0/s1. The van der Waals surface area contributed by atoms with E-state index >= 15 is 19.2 Å². The second kappa shape index (κ2) is 34.6. The summed E-state index contributed by atoms with van der Waals surface area (Å²) in [4.78, 5) is 189. The van der Waals surface area contributed by atoms with Gasteiger partial charge in [0, 0.05) is 69.0 Å². The fraction of sp³-hybridized carbons (Fsp3) is 0.739. The third kappa shape index (κ3) is 19.0. The number of amides is 12. The summed E-state index contributed by atoms with van der Waals surface area (Å²) in [6, 6.07) is -3.11. The molecule has 0 radical (unpaired) electrons. The van der Waals surface area contributed by atoms with Crippen molar-refractivity contribution in [2.75, 3.05) is 88.6 Å². The van der Waals surface area contributed by atoms with Gasteiger partial charge in [-0.1, -0.05) is 114 Å². The number of piperidine rings is 1. The molecule has 95 heavy (non-hydrogen) atoms. The van der Waals surface area contributed by atoms with Crippen LogP contribution < -0.4 is 16.0 Å². The van der Waals surface area contributed by atoms with Gasteiger partial charge in [0.05, 0.1) is 36.1 Å². The van der Waals surface area contributed by atoms with Crippen molar-refractivity contribution in [3.8, 4) is 0 Å². The van der Waals surface area contributed by atoms with Gasteiger partial charge < -0.3 is 60.0 Å². The number of likely N-dealkylation sites (tertiary alicyclic amines) is 1. The van der Waals surface area contributed by atoms with Crippen LogP contribution >= 0.6 is 23.2 Å². The second-order valence-electron chi connectivity index (χ2n) is 28.1. The second-order valence-corrected chi connectivity index (χ2v) is 29.0. The highest BCUT2D eigenvalue weighted by molar-refractivity contribution is 6.42. The predicted octanol–water partition coefficient (Wildman–Crippen LogP) is 5.03. The van der Waals surface area contributed by atoms with Crippen LogP contribution in [0.5, 0.6) is 0 Å². The number of benzene rings is 1. The van der Waals surface area contributed by atoms with Crippen molar-refractivity contribution in [3.05, 3.63) is 33.8 Å². The molecule has 24 nitrogen and oxygen atoms in total. The minimum Gasteiger partial charge on any atom is -0.343 e. The molecule has 1 aromatic rings. The Labute approximate surface area is 571 Å². The number of hydrogen-bond donors (Lipinski definition) is 3. The molecule has 7 rings (SSSR count). The van der Waals surface area contributed by atoms with Crippen LogP contribution in [0.3, 0.4) is 0 Å². The molecular weight excluding hydrogens is 1260 g/mol. The first-order valence-electron chi connectivity index (χ1n) is 34.8. The van der Waals surface area contributed by atoms with E-state index in [1.165, 1.54) is 83.5 Å². The number of halogens is 2. The highest BCUT2D eigenvalue weighted by Gasteiger charge is 2.51. The monoisotopic (exact) mass is 1360 g/mol. The fourth-order valence-electron chi connectivity index (χ4n) is 15.0. The molecule has 26 heteroatoms. The lowest BCUT2D eigenvalue weighted by Crippen LogP contribution is -2.65. The van der Waals surface area contributed by atoms with Gasteiger partial charge in [0.25, 0.3) is 0 Å². The topological polar surface area (TPSA) is 270 Å². The molecule has 1 spiro atoms. The van der Waals surface area contributed by atoms with E-state index in [9.17, 15) is 38.4 Å². The molecule has 3 aliphatic carbocycles. The Morgan fingerprint density at radius 3 is 1.84 bits per heavy atom. The van der Waals surface area contributed by atoms with Gasteiger partial charge in [-0.3, -0.25) is 57.5 Å². The van der Waals surface area contributed by atoms with Crippen LogP contribution in [0.25, 0.3) is 0 Å². The Balaban J connectivity index is 1.26. The number of carbonyl (C=O) groups excluding carboxylic acids is 12. The van der Waals surface area contributed by atoms with Crippen molar-refractivity contribution in [1.82, 2.24) is 60.0 Å². The van der Waals surface area contributed by atoms with Gasteiger partial charge in [-0.15, -0.1) is 0 Å². The van der Waals surface area contributed by atoms with E-state index in [1.807, 2.05) is 6.92 Å². The Morgan fingerprint density at radius 1 is 0.600 bits per heavy atom. The molecule has 0 unspecified atom stereocenters. The Hall–Kier alpha value is -6.56. The lowest BCUT2D eigenvalue weighted by molar-refractivity contribution is -0.157. The average Bonchev–Trinajstić information content (AvgIpc) is 1.79. The molecule has 3 aliphatic heterocycles. The summed E-state index contributed by atoms with van der Waals surface area (Å²) < 4.78 is 0. The van der Waals surface area contributed by atoms with Gasteiger partial charge in [-0.25, -0.2) is 0 Å². The third-order valence-electron chi connectivity index (χ3n) is 21.5. The van der Waals surface area contributed by atoms with Crippen molar-refractivity contribution >= 4 is 94.1 Å². The van der Waals surface area contributed by atoms with E-state index in [4.69, 9.17) is 23.2 Å². The lowest BCUT2D eigenvalue weighted by Gasteiger charge is -2.43. The fourth-order valence-corrected chi connectivity index (χ4v) is 15.3. The van der Waals surface area contributed by atoms with Crippen LogP contribution in [-0.4, -0.2) is 251 Å². The maximum atomic E-state index is 15.7. The minimum absolute atomic E-state index is 0.0461. The van der Waals surface area contributed by atoms with Gasteiger partial charge in [-0.2, -0.15) is 0 Å². The first-order chi connectivity index (χ1) is 45.1. The maximum absolute atomic E-state index is 15.7. The van der Waals surface area contributed by atoms with Crippen LogP contribution in [0.15, 0.2) is 18.2 Å². The Morgan fingerprint density at radius 2 is 1.21 bits per heavy atom. The van der Waals surface area contributed by atoms with Gasteiger partial charge in [0.2, 0.25) is 70.9 Å². The van der Waals surface area contributed by atoms with Crippen LogP contribution in [0, 0.1) is 17.8 Å². The first kappa shape index (κ1) is 75.8. The maximum Gasteiger partial charge on any atom is 0.248 e. The largest absolute Gasteiger partial charge is 0.343 e. The summed E-state index contributed by atoms with van der Waals surface area (Å²) in [5, 5.41) is 9.49. The van der Waals surface area contributed by atoms with E-state index < -0.39 is 151 Å². The number of nitrogens with one attached hydrogen (secondary N) is 3. The van der Waals surface area contributed by atoms with Crippen LogP contribution in [0.4, 0.5) is 0 Å². The molecule has 6 aliphatic rings. The summed E-state index contributed by atoms with van der Waals surface area (Å²) in [6.45, 7) is 4.59. The number of likely N-dealkylation sites (N-methyl/N-ethyl adjacent to an activating group) is 7. The van der Waals surface area contributed by atoms with E-state index in [2.05, 4.69) is 16.0 Å². The normalized spacial score (nSPS) is 27.5. The lowest BCUT2D eigenvalue weighted by atomic mass is 9.81. The molecule has 6 fully saturated rings. The van der Waals surface area contributed by atoms with E-state index in [0.29, 0.717) is 67.2 Å². The molecule has 528 valence electrons. The summed E-state index contributed by atoms with van der Waals surface area (Å²) >= 11 is 12.7. The zero-order valence-corrected chi connectivity index (χ0v) is 59.4. The number of fused-ring (bicyclic) bond motifs is 1. The highest BCUT2D eigenvalue weighted by atomic mass is 35.5. The summed E-state index contributed by atoms with van der Waals surface area (Å²) in [7, 11) is 10.2. The number of rotatable bonds is 9. The van der Waals surface area contributed by atoms with E-state index in [0.717, 1.165) is 75.5 Å². The summed E-state index contributed by atoms with van der Waals surface area (Å²) in [5.41, 5.74) is -0.773. The average molecular weight is 1370 g/mol. The smallest absolute Gasteiger partial charge is 0.248 e. The van der Waals surface area contributed by atoms with Crippen LogP contribution in [0.2, 0.25) is 10.0 Å². The van der Waals surface area contributed by atoms with Gasteiger partial charge in [0.15, 0.2) is 0 Å². The highest BCUT2D eigenvalue weighted by Crippen LogP contribution is 2.37. The number of hydrogen-bond acceptors (Lipinski definition) is 12. The van der Waals surface area contributed by atoms with Crippen LogP contribution in [0.1, 0.15) is 174 Å². The first-order valence-corrected chi connectivity index (χ1v) is 35.6. The SMILES string of the molecule is CC[C@H](C)[C@@H]1NC(=O)[C@H](C)N(C)C(=O)C[C@@H](C(=O)N2CCCCC2)N(C)C(=O)[C@H](C2CCCCC2)N(C)C(=O)C2(CCCC2)NC(=O)[C@@H]2CCCN2C(=O)[C@H](CCc2ccc(Cl)c(Cl)c2)NC(=O)CN(C)C(=O)[C@H](CC2CCCCC2)N(C)C(=O)CN(C)C(=O)CN(C)C1=O. The van der Waals surface area contributed by atoms with E-state index in [1.54, 1.807) is 37.1 Å². The number of aryl methyl sites for hydroxylation is 1. The Bertz CT molecular complexity index is 2950. The molecule has 3 heterocycles. The minimum atomic E-state index is -1.49. The van der Waals surface area contributed by atoms with Gasteiger partial charge in [0.1, 0.15) is 47.8 Å². The van der Waals surface area contributed by atoms with E-state index in [-0.39, 0.29) is 56.9 Å². The molecule has 12 amide bonds. The Kier molecular flexibility index (Phi) is 27.6. The molecule has 3 saturated carbocycles. The molecule has 1 aromatic carbocycles. The summed E-state index contributed by atoms with van der Waals surface area (Å²) in [6.07, 6.45) is 13.4. The molecule has 3 N–H and O–H groups in total. The zero-order valence-electron chi connectivity index (χ0n) is 57.9. The third-order valence-corrected chi connectivity index (χ3v) is 22.2. The van der Waals surface area contributed by atoms with Crippen molar-refractivity contribution < 1.29 is 57.5 Å². The summed E-state index contributed by atoms with van der Waals surface area (Å²) in [5.74, 6) is -7.70. The molecule has 0 bridgehead atoms. The van der Waals surface area contributed by atoms with Crippen LogP contribution in [-0.2, 0) is 64.0 Å². The van der Waals surface area contributed by atoms with Crippen molar-refractivity contribution in [3.63, 3.8) is 0 Å². The van der Waals surface area contributed by atoms with Gasteiger partial charge >= 0.3 is 0 Å². The number of carbonyl (C=O) groups is 12. The quantitative estimate of drug-likeness (QED) is 0.294. The van der Waals surface area contributed by atoms with Crippen molar-refractivity contribution in [1.29, 1.82) is 0 Å². The molecular formula is C69H106Cl2N12O12. The molecule has 0 aromatic heterocycles. The number of nitrogens with zero attached hydrogens (tertiary/aromatic N) is 9. The van der Waals surface area contributed by atoms with Gasteiger partial charge in [-0.05, 0) is 119 Å². The predicted molar refractivity (Wildman–Crippen MR) is 360 cm³/mol. The molecule has 8 atom stereocenters. The zero-order chi connectivity index (χ0) is 69.6. The van der Waals surface area contributed by atoms with Crippen molar-refractivity contribution in [2.24, 2.45) is 17.8 Å². The van der Waals surface area contributed by atoms with Crippen molar-refractivity contribution in [2.45, 2.75) is 223 Å².